The molecule has 0 fully saturated rings. The lowest BCUT2D eigenvalue weighted by molar-refractivity contribution is 0.112. The zero-order valence-corrected chi connectivity index (χ0v) is 46.9. The van der Waals surface area contributed by atoms with E-state index in [0.717, 1.165) is 61.6 Å². The van der Waals surface area contributed by atoms with Crippen LogP contribution in [0.25, 0.3) is 46.6 Å². The minimum atomic E-state index is -0.602. The third-order valence-corrected chi connectivity index (χ3v) is 17.8. The number of aldehydes is 1. The van der Waals surface area contributed by atoms with E-state index in [2.05, 4.69) is 335 Å². The van der Waals surface area contributed by atoms with E-state index in [1.54, 1.807) is 0 Å². The van der Waals surface area contributed by atoms with E-state index in [4.69, 9.17) is 0 Å². The third-order valence-electron chi connectivity index (χ3n) is 17.3. The van der Waals surface area contributed by atoms with Crippen LogP contribution in [-0.4, -0.2) is 6.29 Å². The number of para-hydroxylation sites is 4. The van der Waals surface area contributed by atoms with Crippen molar-refractivity contribution in [2.45, 2.75) is 10.8 Å². The van der Waals surface area contributed by atoms with E-state index in [9.17, 15) is 4.79 Å². The Labute approximate surface area is 493 Å². The summed E-state index contributed by atoms with van der Waals surface area (Å²) in [5, 5.41) is 0. The highest BCUT2D eigenvalue weighted by Crippen LogP contribution is 2.61. The van der Waals surface area contributed by atoms with Gasteiger partial charge in [-0.05, 0) is 180 Å². The lowest BCUT2D eigenvalue weighted by Gasteiger charge is -2.36. The van der Waals surface area contributed by atoms with E-state index in [-0.39, 0.29) is 0 Å². The molecule has 0 heterocycles. The first-order chi connectivity index (χ1) is 41.0. The fourth-order valence-corrected chi connectivity index (χ4v) is 14.3. The molecule has 4 aliphatic rings. The first kappa shape index (κ1) is 49.9. The maximum absolute atomic E-state index is 12.2. The first-order valence-corrected chi connectivity index (χ1v) is 29.1. The quantitative estimate of drug-likeness (QED) is 0.149. The highest BCUT2D eigenvalue weighted by Gasteiger charge is 2.50. The summed E-state index contributed by atoms with van der Waals surface area (Å²) < 4.78 is 1.08. The number of benzene rings is 12. The molecule has 4 heteroatoms. The zero-order chi connectivity index (χ0) is 55.5. The number of carbonyl (C=O) groups is 1. The van der Waals surface area contributed by atoms with Gasteiger partial charge in [0.15, 0.2) is 0 Å². The van der Waals surface area contributed by atoms with Gasteiger partial charge >= 0.3 is 0 Å². The maximum atomic E-state index is 12.2. The number of fused-ring (bicyclic) bond motifs is 18. The normalized spacial score (nSPS) is 13.5. The molecule has 0 N–H and O–H groups in total. The van der Waals surface area contributed by atoms with Crippen molar-refractivity contribution >= 4 is 80.6 Å². The van der Waals surface area contributed by atoms with Crippen LogP contribution in [0.5, 0.6) is 0 Å². The van der Waals surface area contributed by atoms with Crippen LogP contribution < -0.4 is 9.80 Å². The second-order valence-corrected chi connectivity index (χ2v) is 22.5. The summed E-state index contributed by atoms with van der Waals surface area (Å²) in [6.07, 6.45) is 9.96. The number of carbonyl (C=O) groups excluding carboxylic acids is 1. The van der Waals surface area contributed by atoms with Crippen LogP contribution in [-0.2, 0) is 10.8 Å². The highest BCUT2D eigenvalue weighted by molar-refractivity contribution is 9.10. The van der Waals surface area contributed by atoms with Crippen molar-refractivity contribution in [3.05, 3.63) is 368 Å². The van der Waals surface area contributed by atoms with Gasteiger partial charge in [0.1, 0.15) is 6.29 Å². The monoisotopic (exact) mass is 1120 g/mol. The molecule has 16 rings (SSSR count). The Bertz CT molecular complexity index is 4380. The zero-order valence-electron chi connectivity index (χ0n) is 45.3. The number of anilines is 6. The molecule has 392 valence electrons. The van der Waals surface area contributed by atoms with Gasteiger partial charge in [0, 0.05) is 44.2 Å². The van der Waals surface area contributed by atoms with Gasteiger partial charge in [0.2, 0.25) is 0 Å². The predicted octanol–water partition coefficient (Wildman–Crippen LogP) is 20.6. The number of hydrogen-bond donors (Lipinski definition) is 0. The third kappa shape index (κ3) is 7.97. The van der Waals surface area contributed by atoms with Gasteiger partial charge < -0.3 is 9.80 Å². The number of halogens is 1. The minimum Gasteiger partial charge on any atom is -0.310 e. The summed E-state index contributed by atoms with van der Waals surface area (Å²) in [7, 11) is 0. The molecular formula is C79H53BrN2O. The van der Waals surface area contributed by atoms with Crippen LogP contribution >= 0.6 is 15.9 Å². The average molecular weight is 1130 g/mol. The van der Waals surface area contributed by atoms with Gasteiger partial charge in [0.25, 0.3) is 0 Å². The van der Waals surface area contributed by atoms with E-state index in [1.165, 1.54) is 72.3 Å². The molecule has 0 saturated carbocycles. The fraction of sp³-hybridized carbons (Fsp3) is 0.0253. The van der Waals surface area contributed by atoms with E-state index < -0.39 is 10.8 Å². The second kappa shape index (κ2) is 20.4. The number of hydrogen-bond acceptors (Lipinski definition) is 3. The Kier molecular flexibility index (Phi) is 12.3. The van der Waals surface area contributed by atoms with Crippen LogP contribution in [0.15, 0.2) is 296 Å². The van der Waals surface area contributed by atoms with Gasteiger partial charge in [-0.15, -0.1) is 0 Å². The van der Waals surface area contributed by atoms with Crippen molar-refractivity contribution in [2.75, 3.05) is 9.80 Å². The molecule has 0 radical (unpaired) electrons. The number of nitrogens with zero attached hydrogens (tertiary/aromatic N) is 2. The Morgan fingerprint density at radius 1 is 0.265 bits per heavy atom. The Balaban J connectivity index is 0.000000142. The van der Waals surface area contributed by atoms with Gasteiger partial charge in [0.05, 0.1) is 10.8 Å². The molecule has 12 aromatic rings. The van der Waals surface area contributed by atoms with Crippen molar-refractivity contribution in [1.82, 2.24) is 0 Å². The molecule has 0 amide bonds. The van der Waals surface area contributed by atoms with Crippen LogP contribution in [0.1, 0.15) is 77.1 Å². The van der Waals surface area contributed by atoms with Gasteiger partial charge in [-0.25, -0.2) is 0 Å². The maximum Gasteiger partial charge on any atom is 0.150 e. The topological polar surface area (TPSA) is 23.6 Å². The van der Waals surface area contributed by atoms with Gasteiger partial charge in [-0.2, -0.15) is 0 Å². The van der Waals surface area contributed by atoms with Crippen molar-refractivity contribution in [1.29, 1.82) is 0 Å². The van der Waals surface area contributed by atoms with Gasteiger partial charge in [-0.1, -0.05) is 240 Å². The SMILES string of the molecule is Brc1ccc2c(c1)C1(c3cc(N(c4ccccc4)c4ccccc4)ccc3C=C2)c2ccccc2-c2ccccc21.O=Cc1ccc2c(c1)C1(c3cc(N(c4ccccc4)c4ccccc4)ccc3C=C2)c2ccccc2-c2ccccc21. The molecule has 0 bridgehead atoms. The predicted molar refractivity (Wildman–Crippen MR) is 348 cm³/mol. The molecular weight excluding hydrogens is 1070 g/mol. The van der Waals surface area contributed by atoms with E-state index in [1.807, 2.05) is 6.07 Å². The smallest absolute Gasteiger partial charge is 0.150 e. The molecule has 0 aliphatic heterocycles. The lowest BCUT2D eigenvalue weighted by Crippen LogP contribution is -2.30. The molecule has 0 saturated heterocycles. The van der Waals surface area contributed by atoms with Crippen LogP contribution in [0.3, 0.4) is 0 Å². The van der Waals surface area contributed by atoms with Crippen LogP contribution in [0, 0.1) is 0 Å². The van der Waals surface area contributed by atoms with Crippen molar-refractivity contribution in [2.24, 2.45) is 0 Å². The molecule has 3 nitrogen and oxygen atoms in total. The molecule has 2 spiro atoms. The summed E-state index contributed by atoms with van der Waals surface area (Å²) in [6, 6.07) is 104. The first-order valence-electron chi connectivity index (χ1n) is 28.3. The summed E-state index contributed by atoms with van der Waals surface area (Å²) in [5.74, 6) is 0. The summed E-state index contributed by atoms with van der Waals surface area (Å²) in [5.41, 5.74) is 26.1. The fourth-order valence-electron chi connectivity index (χ4n) is 13.9. The molecule has 0 atom stereocenters. The molecule has 0 aromatic heterocycles. The Morgan fingerprint density at radius 3 is 0.904 bits per heavy atom. The van der Waals surface area contributed by atoms with Crippen molar-refractivity contribution in [3.8, 4) is 22.3 Å². The standard InChI is InChI=1S/C40H27NO.C39H26BrN/c42-27-28-19-20-29-21-22-30-23-24-33(41(31-11-3-1-4-12-31)32-13-5-2-6-14-32)26-39(30)40(38(29)25-28)36-17-9-7-15-34(36)35-16-8-10-18-37(35)40;40-29-23-21-27-19-20-28-22-24-32(41(30-11-3-1-4-12-30)31-13-5-2-6-14-31)26-38(28)39(37(27)25-29)35-17-9-7-15-33(35)34-16-8-10-18-36(34)39/h1-27H;1-26H. The lowest BCUT2D eigenvalue weighted by atomic mass is 9.65. The van der Waals surface area contributed by atoms with Crippen molar-refractivity contribution < 1.29 is 4.79 Å². The molecule has 12 aromatic carbocycles. The molecule has 4 aliphatic carbocycles. The van der Waals surface area contributed by atoms with Crippen LogP contribution in [0.2, 0.25) is 0 Å². The largest absolute Gasteiger partial charge is 0.310 e. The van der Waals surface area contributed by atoms with Crippen molar-refractivity contribution in [3.63, 3.8) is 0 Å². The summed E-state index contributed by atoms with van der Waals surface area (Å²) in [6.45, 7) is 0. The molecule has 83 heavy (non-hydrogen) atoms. The van der Waals surface area contributed by atoms with Crippen LogP contribution in [0.4, 0.5) is 34.1 Å². The Morgan fingerprint density at radius 2 is 0.554 bits per heavy atom. The average Bonchev–Trinajstić information content (AvgIpc) is 2.44. The van der Waals surface area contributed by atoms with Gasteiger partial charge in [-0.3, -0.25) is 4.79 Å². The van der Waals surface area contributed by atoms with E-state index in [0.29, 0.717) is 5.56 Å². The highest BCUT2D eigenvalue weighted by atomic mass is 79.9. The van der Waals surface area contributed by atoms with E-state index >= 15 is 0 Å². The Hall–Kier alpha value is -10.1. The molecule has 0 unspecified atom stereocenters. The number of rotatable bonds is 7. The summed E-state index contributed by atoms with van der Waals surface area (Å²) in [4.78, 5) is 16.8. The minimum absolute atomic E-state index is 0.472. The second-order valence-electron chi connectivity index (χ2n) is 21.6. The summed E-state index contributed by atoms with van der Waals surface area (Å²) >= 11 is 3.83.